The maximum atomic E-state index is 12.5. The summed E-state index contributed by atoms with van der Waals surface area (Å²) in [6, 6.07) is 7.65. The van der Waals surface area contributed by atoms with Gasteiger partial charge in [0.15, 0.2) is 5.76 Å². The number of amides is 1. The lowest BCUT2D eigenvalue weighted by Crippen LogP contribution is -2.43. The number of hydrogen-bond donors (Lipinski definition) is 0. The quantitative estimate of drug-likeness (QED) is 0.851. The van der Waals surface area contributed by atoms with E-state index in [0.29, 0.717) is 25.3 Å². The van der Waals surface area contributed by atoms with Crippen LogP contribution in [0.1, 0.15) is 35.9 Å². The van der Waals surface area contributed by atoms with Gasteiger partial charge in [-0.25, -0.2) is 0 Å². The highest BCUT2D eigenvalue weighted by Crippen LogP contribution is 2.24. The zero-order valence-corrected chi connectivity index (χ0v) is 12.4. The molecule has 4 nitrogen and oxygen atoms in total. The first-order valence-corrected chi connectivity index (χ1v) is 7.40. The first-order chi connectivity index (χ1) is 10.1. The van der Waals surface area contributed by atoms with Crippen LogP contribution >= 0.6 is 0 Å². The van der Waals surface area contributed by atoms with Crippen molar-refractivity contribution in [3.05, 3.63) is 35.6 Å². The summed E-state index contributed by atoms with van der Waals surface area (Å²) >= 11 is 0. The maximum absolute atomic E-state index is 12.5. The fourth-order valence-corrected chi connectivity index (χ4v) is 2.87. The Morgan fingerprint density at radius 3 is 2.95 bits per heavy atom. The molecule has 0 aliphatic carbocycles. The number of benzene rings is 1. The Kier molecular flexibility index (Phi) is 3.53. The van der Waals surface area contributed by atoms with E-state index < -0.39 is 0 Å². The molecule has 3 rings (SSSR count). The number of piperidine rings is 1. The van der Waals surface area contributed by atoms with Crippen LogP contribution in [-0.2, 0) is 4.79 Å². The average molecular weight is 285 g/mol. The van der Waals surface area contributed by atoms with Crippen molar-refractivity contribution >= 4 is 22.7 Å². The van der Waals surface area contributed by atoms with Gasteiger partial charge in [0.2, 0.25) is 0 Å². The van der Waals surface area contributed by atoms with Crippen molar-refractivity contribution in [3.8, 4) is 0 Å². The molecule has 1 saturated heterocycles. The Hall–Kier alpha value is -2.10. The molecule has 0 bridgehead atoms. The molecule has 1 unspecified atom stereocenters. The number of Topliss-reactive ketones (excluding diaryl/α,β-unsaturated/α-hetero) is 1. The normalized spacial score (nSPS) is 19.2. The van der Waals surface area contributed by atoms with E-state index in [2.05, 4.69) is 0 Å². The number of hydrogen-bond acceptors (Lipinski definition) is 3. The summed E-state index contributed by atoms with van der Waals surface area (Å²) in [4.78, 5) is 26.0. The predicted octanol–water partition coefficient (Wildman–Crippen LogP) is 3.18. The molecule has 1 fully saturated rings. The molecule has 2 aromatic rings. The van der Waals surface area contributed by atoms with Gasteiger partial charge in [0.25, 0.3) is 5.91 Å². The SMILES string of the molecule is CCC1CN(C(=O)c2cc3cc(C)ccc3o2)CCC1=O. The molecule has 0 spiro atoms. The summed E-state index contributed by atoms with van der Waals surface area (Å²) in [5.41, 5.74) is 1.86. The zero-order valence-electron chi connectivity index (χ0n) is 12.4. The monoisotopic (exact) mass is 285 g/mol. The summed E-state index contributed by atoms with van der Waals surface area (Å²) in [5.74, 6) is 0.478. The number of fused-ring (bicyclic) bond motifs is 1. The molecule has 0 radical (unpaired) electrons. The van der Waals surface area contributed by atoms with Crippen molar-refractivity contribution in [2.24, 2.45) is 5.92 Å². The fraction of sp³-hybridized carbons (Fsp3) is 0.412. The van der Waals surface area contributed by atoms with Crippen LogP contribution in [0.15, 0.2) is 28.7 Å². The van der Waals surface area contributed by atoms with Crippen molar-refractivity contribution in [2.45, 2.75) is 26.7 Å². The predicted molar refractivity (Wildman–Crippen MR) is 80.3 cm³/mol. The van der Waals surface area contributed by atoms with E-state index in [1.165, 1.54) is 0 Å². The maximum Gasteiger partial charge on any atom is 0.289 e. The van der Waals surface area contributed by atoms with Crippen molar-refractivity contribution < 1.29 is 14.0 Å². The third kappa shape index (κ3) is 2.58. The second-order valence-electron chi connectivity index (χ2n) is 5.72. The highest BCUT2D eigenvalue weighted by Gasteiger charge is 2.30. The molecular weight excluding hydrogens is 266 g/mol. The molecule has 4 heteroatoms. The first-order valence-electron chi connectivity index (χ1n) is 7.40. The summed E-state index contributed by atoms with van der Waals surface area (Å²) in [6.45, 7) is 4.99. The molecular formula is C17H19NO3. The second kappa shape index (κ2) is 5.35. The van der Waals surface area contributed by atoms with E-state index in [1.807, 2.05) is 32.0 Å². The first kappa shape index (κ1) is 13.9. The number of aryl methyl sites for hydroxylation is 1. The van der Waals surface area contributed by atoms with E-state index in [0.717, 1.165) is 23.0 Å². The lowest BCUT2D eigenvalue weighted by atomic mass is 9.94. The van der Waals surface area contributed by atoms with Crippen molar-refractivity contribution in [1.82, 2.24) is 4.90 Å². The van der Waals surface area contributed by atoms with Gasteiger partial charge < -0.3 is 9.32 Å². The van der Waals surface area contributed by atoms with Crippen LogP contribution in [0, 0.1) is 12.8 Å². The molecule has 2 heterocycles. The van der Waals surface area contributed by atoms with Gasteiger partial charge in [-0.15, -0.1) is 0 Å². The van der Waals surface area contributed by atoms with E-state index in [4.69, 9.17) is 4.42 Å². The molecule has 21 heavy (non-hydrogen) atoms. The Morgan fingerprint density at radius 1 is 1.38 bits per heavy atom. The standard InChI is InChI=1S/C17H19NO3/c1-3-12-10-18(7-6-14(12)19)17(20)16-9-13-8-11(2)4-5-15(13)21-16/h4-5,8-9,12H,3,6-7,10H2,1-2H3. The minimum atomic E-state index is -0.116. The summed E-state index contributed by atoms with van der Waals surface area (Å²) in [5, 5.41) is 0.943. The van der Waals surface area contributed by atoms with Gasteiger partial charge in [-0.2, -0.15) is 0 Å². The van der Waals surface area contributed by atoms with Crippen LogP contribution in [-0.4, -0.2) is 29.7 Å². The summed E-state index contributed by atoms with van der Waals surface area (Å²) < 4.78 is 5.66. The summed E-state index contributed by atoms with van der Waals surface area (Å²) in [7, 11) is 0. The molecule has 1 aliphatic heterocycles. The van der Waals surface area contributed by atoms with Gasteiger partial charge in [0.05, 0.1) is 0 Å². The minimum Gasteiger partial charge on any atom is -0.451 e. The van der Waals surface area contributed by atoms with Gasteiger partial charge in [-0.3, -0.25) is 9.59 Å². The van der Waals surface area contributed by atoms with Gasteiger partial charge in [0.1, 0.15) is 11.4 Å². The van der Waals surface area contributed by atoms with Gasteiger partial charge in [0, 0.05) is 30.8 Å². The largest absolute Gasteiger partial charge is 0.451 e. The van der Waals surface area contributed by atoms with E-state index in [9.17, 15) is 9.59 Å². The molecule has 110 valence electrons. The van der Waals surface area contributed by atoms with E-state index in [-0.39, 0.29) is 17.6 Å². The number of ketones is 1. The number of nitrogens with zero attached hydrogens (tertiary/aromatic N) is 1. The number of likely N-dealkylation sites (tertiary alicyclic amines) is 1. The van der Waals surface area contributed by atoms with Crippen molar-refractivity contribution in [1.29, 1.82) is 0 Å². The Bertz CT molecular complexity index is 701. The Balaban J connectivity index is 1.84. The lowest BCUT2D eigenvalue weighted by molar-refractivity contribution is -0.125. The van der Waals surface area contributed by atoms with E-state index >= 15 is 0 Å². The Labute approximate surface area is 123 Å². The van der Waals surface area contributed by atoms with Gasteiger partial charge in [-0.1, -0.05) is 18.6 Å². The van der Waals surface area contributed by atoms with Crippen LogP contribution in [0.4, 0.5) is 0 Å². The second-order valence-corrected chi connectivity index (χ2v) is 5.72. The third-order valence-electron chi connectivity index (χ3n) is 4.19. The minimum absolute atomic E-state index is 0.0330. The molecule has 0 N–H and O–H groups in total. The van der Waals surface area contributed by atoms with Crippen LogP contribution in [0.25, 0.3) is 11.0 Å². The zero-order chi connectivity index (χ0) is 15.0. The molecule has 0 saturated carbocycles. The van der Waals surface area contributed by atoms with Crippen LogP contribution < -0.4 is 0 Å². The van der Waals surface area contributed by atoms with Crippen LogP contribution in [0.2, 0.25) is 0 Å². The van der Waals surface area contributed by atoms with Crippen LogP contribution in [0.5, 0.6) is 0 Å². The molecule has 1 aromatic carbocycles. The van der Waals surface area contributed by atoms with Gasteiger partial charge >= 0.3 is 0 Å². The number of carbonyl (C=O) groups is 2. The number of carbonyl (C=O) groups excluding carboxylic acids is 2. The van der Waals surface area contributed by atoms with Crippen LogP contribution in [0.3, 0.4) is 0 Å². The smallest absolute Gasteiger partial charge is 0.289 e. The molecule has 1 amide bonds. The highest BCUT2D eigenvalue weighted by molar-refractivity contribution is 5.97. The average Bonchev–Trinajstić information content (AvgIpc) is 2.90. The highest BCUT2D eigenvalue weighted by atomic mass is 16.3. The Morgan fingerprint density at radius 2 is 2.19 bits per heavy atom. The van der Waals surface area contributed by atoms with E-state index in [1.54, 1.807) is 11.0 Å². The number of furan rings is 1. The topological polar surface area (TPSA) is 50.5 Å². The fourth-order valence-electron chi connectivity index (χ4n) is 2.87. The van der Waals surface area contributed by atoms with Crippen molar-refractivity contribution in [3.63, 3.8) is 0 Å². The number of rotatable bonds is 2. The third-order valence-corrected chi connectivity index (χ3v) is 4.19. The van der Waals surface area contributed by atoms with Gasteiger partial charge in [-0.05, 0) is 31.5 Å². The lowest BCUT2D eigenvalue weighted by Gasteiger charge is -2.30. The molecule has 1 aromatic heterocycles. The molecule has 1 atom stereocenters. The van der Waals surface area contributed by atoms with Crippen molar-refractivity contribution in [2.75, 3.05) is 13.1 Å². The summed E-state index contributed by atoms with van der Waals surface area (Å²) in [6.07, 6.45) is 1.23. The molecule has 1 aliphatic rings.